The highest BCUT2D eigenvalue weighted by Crippen LogP contribution is 2.22. The Hall–Kier alpha value is -1.64. The number of alkyl halides is 2. The van der Waals surface area contributed by atoms with E-state index in [1.54, 1.807) is 0 Å². The third-order valence-corrected chi connectivity index (χ3v) is 2.24. The summed E-state index contributed by atoms with van der Waals surface area (Å²) in [5.41, 5.74) is 0.758. The van der Waals surface area contributed by atoms with E-state index in [-0.39, 0.29) is 6.54 Å². The molecule has 0 bridgehead atoms. The molecule has 3 heteroatoms. The van der Waals surface area contributed by atoms with Crippen molar-refractivity contribution in [3.63, 3.8) is 0 Å². The second-order valence-corrected chi connectivity index (χ2v) is 3.30. The van der Waals surface area contributed by atoms with Crippen LogP contribution in [-0.2, 0) is 0 Å². The predicted molar refractivity (Wildman–Crippen MR) is 58.4 cm³/mol. The Balaban J connectivity index is 2.34. The van der Waals surface area contributed by atoms with Crippen molar-refractivity contribution >= 4 is 16.5 Å². The Morgan fingerprint density at radius 3 is 2.53 bits per heavy atom. The first kappa shape index (κ1) is 9.90. The summed E-state index contributed by atoms with van der Waals surface area (Å²) in [6, 6.07) is 13.3. The van der Waals surface area contributed by atoms with E-state index in [0.29, 0.717) is 0 Å². The fraction of sp³-hybridized carbons (Fsp3) is 0.167. The molecule has 0 aliphatic heterocycles. The number of rotatable bonds is 3. The van der Waals surface area contributed by atoms with Gasteiger partial charge in [-0.15, -0.1) is 0 Å². The smallest absolute Gasteiger partial charge is 0.255 e. The van der Waals surface area contributed by atoms with Crippen LogP contribution < -0.4 is 5.32 Å². The van der Waals surface area contributed by atoms with Crippen LogP contribution in [0.3, 0.4) is 0 Å². The first-order chi connectivity index (χ1) is 7.27. The lowest BCUT2D eigenvalue weighted by molar-refractivity contribution is 0.163. The summed E-state index contributed by atoms with van der Waals surface area (Å²) in [4.78, 5) is 0. The van der Waals surface area contributed by atoms with E-state index in [1.165, 1.54) is 0 Å². The van der Waals surface area contributed by atoms with Gasteiger partial charge < -0.3 is 5.32 Å². The molecule has 0 radical (unpaired) electrons. The summed E-state index contributed by atoms with van der Waals surface area (Å²) in [6.07, 6.45) is -2.33. The average Bonchev–Trinajstić information content (AvgIpc) is 2.26. The number of nitrogens with one attached hydrogen (secondary N) is 1. The van der Waals surface area contributed by atoms with Crippen LogP contribution in [0.25, 0.3) is 10.8 Å². The predicted octanol–water partition coefficient (Wildman–Crippen LogP) is 3.52. The first-order valence-electron chi connectivity index (χ1n) is 4.77. The Morgan fingerprint density at radius 2 is 1.73 bits per heavy atom. The minimum atomic E-state index is -2.33. The molecule has 2 aromatic rings. The molecule has 2 aromatic carbocycles. The lowest BCUT2D eigenvalue weighted by Gasteiger charge is -2.08. The molecule has 15 heavy (non-hydrogen) atoms. The molecule has 0 fully saturated rings. The van der Waals surface area contributed by atoms with E-state index in [9.17, 15) is 8.78 Å². The minimum absolute atomic E-state index is 0.312. The molecule has 1 nitrogen and oxygen atoms in total. The summed E-state index contributed by atoms with van der Waals surface area (Å²) in [5.74, 6) is 0. The van der Waals surface area contributed by atoms with Gasteiger partial charge in [0.15, 0.2) is 0 Å². The number of anilines is 1. The zero-order valence-corrected chi connectivity index (χ0v) is 8.08. The number of fused-ring (bicyclic) bond motifs is 1. The van der Waals surface area contributed by atoms with Crippen molar-refractivity contribution < 1.29 is 8.78 Å². The van der Waals surface area contributed by atoms with Gasteiger partial charge in [-0.25, -0.2) is 8.78 Å². The normalized spacial score (nSPS) is 10.9. The fourth-order valence-electron chi connectivity index (χ4n) is 1.57. The van der Waals surface area contributed by atoms with Gasteiger partial charge in [-0.1, -0.05) is 36.4 Å². The zero-order chi connectivity index (χ0) is 10.7. The first-order valence-corrected chi connectivity index (χ1v) is 4.77. The molecule has 0 spiro atoms. The number of hydrogen-bond acceptors (Lipinski definition) is 1. The summed E-state index contributed by atoms with van der Waals surface area (Å²) in [7, 11) is 0. The summed E-state index contributed by atoms with van der Waals surface area (Å²) in [5, 5.41) is 4.76. The molecular formula is C12H11F2N. The molecule has 0 aliphatic carbocycles. The highest BCUT2D eigenvalue weighted by atomic mass is 19.3. The molecule has 0 aliphatic rings. The van der Waals surface area contributed by atoms with E-state index in [4.69, 9.17) is 0 Å². The van der Waals surface area contributed by atoms with E-state index in [0.717, 1.165) is 16.5 Å². The van der Waals surface area contributed by atoms with E-state index in [2.05, 4.69) is 5.32 Å². The van der Waals surface area contributed by atoms with Crippen molar-refractivity contribution in [1.82, 2.24) is 0 Å². The van der Waals surface area contributed by atoms with Crippen LogP contribution in [-0.4, -0.2) is 13.0 Å². The summed E-state index contributed by atoms with van der Waals surface area (Å²) in [6.45, 7) is -0.312. The number of benzene rings is 2. The lowest BCUT2D eigenvalue weighted by atomic mass is 10.1. The maximum atomic E-state index is 12.1. The largest absolute Gasteiger partial charge is 0.379 e. The molecule has 0 unspecified atom stereocenters. The van der Waals surface area contributed by atoms with Gasteiger partial charge in [-0.05, 0) is 11.5 Å². The van der Waals surface area contributed by atoms with Crippen molar-refractivity contribution in [3.05, 3.63) is 42.5 Å². The van der Waals surface area contributed by atoms with Crippen molar-refractivity contribution in [2.24, 2.45) is 0 Å². The summed E-state index contributed by atoms with van der Waals surface area (Å²) < 4.78 is 24.1. The van der Waals surface area contributed by atoms with Gasteiger partial charge in [-0.3, -0.25) is 0 Å². The highest BCUT2D eigenvalue weighted by Gasteiger charge is 2.03. The number of halogens is 2. The Morgan fingerprint density at radius 1 is 1.00 bits per heavy atom. The van der Waals surface area contributed by atoms with Crippen LogP contribution in [0, 0.1) is 0 Å². The molecule has 0 amide bonds. The standard InChI is InChI=1S/C12H11F2N/c13-12(14)8-15-11-7-3-5-9-4-1-2-6-10(9)11/h1-7,12,15H,8H2. The maximum Gasteiger partial charge on any atom is 0.255 e. The third-order valence-electron chi connectivity index (χ3n) is 2.24. The SMILES string of the molecule is FC(F)CNc1cccc2ccccc12. The molecule has 0 saturated carbocycles. The second kappa shape index (κ2) is 4.26. The van der Waals surface area contributed by atoms with Gasteiger partial charge in [0.05, 0.1) is 6.54 Å². The van der Waals surface area contributed by atoms with Gasteiger partial charge >= 0.3 is 0 Å². The average molecular weight is 207 g/mol. The third kappa shape index (κ3) is 2.24. The molecule has 0 atom stereocenters. The van der Waals surface area contributed by atoms with Crippen LogP contribution in [0.1, 0.15) is 0 Å². The lowest BCUT2D eigenvalue weighted by Crippen LogP contribution is -2.10. The molecule has 2 rings (SSSR count). The van der Waals surface area contributed by atoms with Gasteiger partial charge in [0, 0.05) is 11.1 Å². The van der Waals surface area contributed by atoms with Crippen LogP contribution in [0.4, 0.5) is 14.5 Å². The van der Waals surface area contributed by atoms with E-state index >= 15 is 0 Å². The van der Waals surface area contributed by atoms with E-state index < -0.39 is 6.43 Å². The molecule has 1 N–H and O–H groups in total. The summed E-state index contributed by atoms with van der Waals surface area (Å²) >= 11 is 0. The Bertz CT molecular complexity index is 449. The van der Waals surface area contributed by atoms with Crippen LogP contribution >= 0.6 is 0 Å². The van der Waals surface area contributed by atoms with Gasteiger partial charge in [0.1, 0.15) is 0 Å². The number of hydrogen-bond donors (Lipinski definition) is 1. The van der Waals surface area contributed by atoms with Gasteiger partial charge in [0.25, 0.3) is 6.43 Å². The highest BCUT2D eigenvalue weighted by molar-refractivity contribution is 5.93. The minimum Gasteiger partial charge on any atom is -0.379 e. The van der Waals surface area contributed by atoms with Crippen molar-refractivity contribution in [2.45, 2.75) is 6.43 Å². The molecule has 0 heterocycles. The van der Waals surface area contributed by atoms with Crippen molar-refractivity contribution in [1.29, 1.82) is 0 Å². The monoisotopic (exact) mass is 207 g/mol. The maximum absolute atomic E-state index is 12.1. The van der Waals surface area contributed by atoms with Crippen LogP contribution in [0.15, 0.2) is 42.5 Å². The Kier molecular flexibility index (Phi) is 2.81. The van der Waals surface area contributed by atoms with Crippen molar-refractivity contribution in [3.8, 4) is 0 Å². The van der Waals surface area contributed by atoms with Crippen molar-refractivity contribution in [2.75, 3.05) is 11.9 Å². The second-order valence-electron chi connectivity index (χ2n) is 3.30. The van der Waals surface area contributed by atoms with Crippen LogP contribution in [0.5, 0.6) is 0 Å². The quantitative estimate of drug-likeness (QED) is 0.812. The van der Waals surface area contributed by atoms with Crippen LogP contribution in [0.2, 0.25) is 0 Å². The molecule has 0 aromatic heterocycles. The Labute approximate surface area is 86.7 Å². The topological polar surface area (TPSA) is 12.0 Å². The van der Waals surface area contributed by atoms with E-state index in [1.807, 2.05) is 42.5 Å². The fourth-order valence-corrected chi connectivity index (χ4v) is 1.57. The molecule has 0 saturated heterocycles. The van der Waals surface area contributed by atoms with Gasteiger partial charge in [-0.2, -0.15) is 0 Å². The van der Waals surface area contributed by atoms with Gasteiger partial charge in [0.2, 0.25) is 0 Å². The molecular weight excluding hydrogens is 196 g/mol. The molecule has 78 valence electrons. The zero-order valence-electron chi connectivity index (χ0n) is 8.08.